The number of aliphatic hydroxyl groups is 1. The van der Waals surface area contributed by atoms with Crippen molar-refractivity contribution in [1.29, 1.82) is 0 Å². The number of ether oxygens (including phenoxy) is 1. The summed E-state index contributed by atoms with van der Waals surface area (Å²) >= 11 is 0. The molecule has 0 spiro atoms. The van der Waals surface area contributed by atoms with Gasteiger partial charge in [-0.3, -0.25) is 4.68 Å². The molecule has 0 bridgehead atoms. The van der Waals surface area contributed by atoms with Gasteiger partial charge < -0.3 is 9.84 Å². The van der Waals surface area contributed by atoms with E-state index >= 15 is 0 Å². The molecular formula is C12H21N3O2. The third-order valence-corrected chi connectivity index (χ3v) is 3.96. The number of aryl methyl sites for hydroxylation is 1. The summed E-state index contributed by atoms with van der Waals surface area (Å²) in [5.41, 5.74) is 0. The summed E-state index contributed by atoms with van der Waals surface area (Å²) in [7, 11) is 1.84. The maximum Gasteiger partial charge on any atom is 0.138 e. The van der Waals surface area contributed by atoms with Crippen LogP contribution in [0.25, 0.3) is 0 Å². The Morgan fingerprint density at radius 3 is 2.59 bits per heavy atom. The zero-order valence-electron chi connectivity index (χ0n) is 10.9. The lowest BCUT2D eigenvalue weighted by Crippen LogP contribution is -2.33. The van der Waals surface area contributed by atoms with Gasteiger partial charge in [-0.25, -0.2) is 4.98 Å². The SMILES string of the molecule is CC1OC(C)C(C(O)Cc2ncnn2C)C1C. The Balaban J connectivity index is 2.05. The van der Waals surface area contributed by atoms with Gasteiger partial charge in [0.1, 0.15) is 12.2 Å². The first-order valence-electron chi connectivity index (χ1n) is 6.17. The van der Waals surface area contributed by atoms with E-state index < -0.39 is 6.10 Å². The average molecular weight is 239 g/mol. The van der Waals surface area contributed by atoms with Crippen LogP contribution in [0, 0.1) is 11.8 Å². The lowest BCUT2D eigenvalue weighted by atomic mass is 9.83. The molecule has 5 nitrogen and oxygen atoms in total. The summed E-state index contributed by atoms with van der Waals surface area (Å²) in [4.78, 5) is 4.15. The van der Waals surface area contributed by atoms with Crippen molar-refractivity contribution < 1.29 is 9.84 Å². The summed E-state index contributed by atoms with van der Waals surface area (Å²) in [6.07, 6.45) is 1.94. The second kappa shape index (κ2) is 4.74. The van der Waals surface area contributed by atoms with Crippen molar-refractivity contribution in [2.75, 3.05) is 0 Å². The topological polar surface area (TPSA) is 60.2 Å². The van der Waals surface area contributed by atoms with E-state index in [1.54, 1.807) is 4.68 Å². The van der Waals surface area contributed by atoms with Gasteiger partial charge in [-0.1, -0.05) is 6.92 Å². The largest absolute Gasteiger partial charge is 0.392 e. The van der Waals surface area contributed by atoms with Crippen molar-refractivity contribution >= 4 is 0 Å². The van der Waals surface area contributed by atoms with Crippen molar-refractivity contribution in [2.45, 2.75) is 45.5 Å². The first-order chi connectivity index (χ1) is 8.00. The Kier molecular flexibility index (Phi) is 3.49. The van der Waals surface area contributed by atoms with Crippen molar-refractivity contribution in [1.82, 2.24) is 14.8 Å². The Labute approximate surface area is 102 Å². The molecular weight excluding hydrogens is 218 g/mol. The van der Waals surface area contributed by atoms with Crippen LogP contribution < -0.4 is 0 Å². The first kappa shape index (κ1) is 12.5. The maximum absolute atomic E-state index is 10.3. The number of hydrogen-bond donors (Lipinski definition) is 1. The quantitative estimate of drug-likeness (QED) is 0.846. The van der Waals surface area contributed by atoms with E-state index in [0.29, 0.717) is 12.3 Å². The van der Waals surface area contributed by atoms with E-state index in [9.17, 15) is 5.11 Å². The van der Waals surface area contributed by atoms with Crippen molar-refractivity contribution in [3.8, 4) is 0 Å². The highest BCUT2D eigenvalue weighted by atomic mass is 16.5. The fourth-order valence-corrected chi connectivity index (χ4v) is 2.78. The molecule has 2 heterocycles. The smallest absolute Gasteiger partial charge is 0.138 e. The van der Waals surface area contributed by atoms with Gasteiger partial charge >= 0.3 is 0 Å². The predicted octanol–water partition coefficient (Wildman–Crippen LogP) is 0.778. The molecule has 17 heavy (non-hydrogen) atoms. The third-order valence-electron chi connectivity index (χ3n) is 3.96. The summed E-state index contributed by atoms with van der Waals surface area (Å²) in [6.45, 7) is 6.24. The van der Waals surface area contributed by atoms with Crippen molar-refractivity contribution in [3.63, 3.8) is 0 Å². The van der Waals surface area contributed by atoms with Gasteiger partial charge in [0.2, 0.25) is 0 Å². The average Bonchev–Trinajstić information content (AvgIpc) is 2.74. The van der Waals surface area contributed by atoms with Gasteiger partial charge in [0.25, 0.3) is 0 Å². The molecule has 2 rings (SSSR count). The fourth-order valence-electron chi connectivity index (χ4n) is 2.78. The number of hydrogen-bond acceptors (Lipinski definition) is 4. The number of rotatable bonds is 3. The lowest BCUT2D eigenvalue weighted by Gasteiger charge is -2.24. The van der Waals surface area contributed by atoms with Gasteiger partial charge in [0.15, 0.2) is 0 Å². The molecule has 5 heteroatoms. The van der Waals surface area contributed by atoms with Crippen LogP contribution in [0.15, 0.2) is 6.33 Å². The van der Waals surface area contributed by atoms with E-state index in [-0.39, 0.29) is 18.1 Å². The van der Waals surface area contributed by atoms with E-state index in [1.807, 2.05) is 14.0 Å². The van der Waals surface area contributed by atoms with Gasteiger partial charge in [-0.2, -0.15) is 5.10 Å². The fraction of sp³-hybridized carbons (Fsp3) is 0.833. The van der Waals surface area contributed by atoms with Crippen LogP contribution in [0.2, 0.25) is 0 Å². The molecule has 1 fully saturated rings. The summed E-state index contributed by atoms with van der Waals surface area (Å²) < 4.78 is 7.46. The molecule has 1 aliphatic heterocycles. The highest BCUT2D eigenvalue weighted by Gasteiger charge is 2.41. The highest BCUT2D eigenvalue weighted by molar-refractivity contribution is 4.94. The van der Waals surface area contributed by atoms with Crippen LogP contribution in [0.1, 0.15) is 26.6 Å². The van der Waals surface area contributed by atoms with E-state index in [4.69, 9.17) is 4.74 Å². The molecule has 0 radical (unpaired) electrons. The minimum atomic E-state index is -0.423. The zero-order chi connectivity index (χ0) is 12.6. The molecule has 1 aromatic heterocycles. The Morgan fingerprint density at radius 1 is 1.41 bits per heavy atom. The standard InChI is InChI=1S/C12H21N3O2/c1-7-8(2)17-9(3)12(7)10(16)5-11-13-6-14-15(11)4/h6-10,12,16H,5H2,1-4H3. The zero-order valence-corrected chi connectivity index (χ0v) is 10.9. The normalized spacial score (nSPS) is 35.1. The summed E-state index contributed by atoms with van der Waals surface area (Å²) in [5, 5.41) is 14.4. The third kappa shape index (κ3) is 2.35. The molecule has 96 valence electrons. The van der Waals surface area contributed by atoms with Crippen LogP contribution >= 0.6 is 0 Å². The van der Waals surface area contributed by atoms with Gasteiger partial charge in [0.05, 0.1) is 18.3 Å². The van der Waals surface area contributed by atoms with E-state index in [2.05, 4.69) is 23.9 Å². The van der Waals surface area contributed by atoms with E-state index in [0.717, 1.165) is 5.82 Å². The monoisotopic (exact) mass is 239 g/mol. The minimum Gasteiger partial charge on any atom is -0.392 e. The Bertz CT molecular complexity index is 380. The number of aromatic nitrogens is 3. The molecule has 1 N–H and O–H groups in total. The van der Waals surface area contributed by atoms with Crippen molar-refractivity contribution in [3.05, 3.63) is 12.2 Å². The molecule has 0 aliphatic carbocycles. The van der Waals surface area contributed by atoms with Crippen LogP contribution in [0.5, 0.6) is 0 Å². The Hall–Kier alpha value is -0.940. The second-order valence-corrected chi connectivity index (χ2v) is 5.05. The van der Waals surface area contributed by atoms with Gasteiger partial charge in [-0.15, -0.1) is 0 Å². The molecule has 5 atom stereocenters. The maximum atomic E-state index is 10.3. The molecule has 0 aromatic carbocycles. The molecule has 5 unspecified atom stereocenters. The highest BCUT2D eigenvalue weighted by Crippen LogP contribution is 2.35. The lowest BCUT2D eigenvalue weighted by molar-refractivity contribution is 0.0231. The van der Waals surface area contributed by atoms with Crippen molar-refractivity contribution in [2.24, 2.45) is 18.9 Å². The second-order valence-electron chi connectivity index (χ2n) is 5.05. The molecule has 0 amide bonds. The molecule has 0 saturated carbocycles. The predicted molar refractivity (Wildman–Crippen MR) is 63.4 cm³/mol. The first-order valence-corrected chi connectivity index (χ1v) is 6.17. The van der Waals surface area contributed by atoms with Crippen LogP contribution in [-0.2, 0) is 18.2 Å². The number of nitrogens with zero attached hydrogens (tertiary/aromatic N) is 3. The van der Waals surface area contributed by atoms with Gasteiger partial charge in [0, 0.05) is 19.4 Å². The molecule has 1 saturated heterocycles. The van der Waals surface area contributed by atoms with Crippen LogP contribution in [0.3, 0.4) is 0 Å². The summed E-state index contributed by atoms with van der Waals surface area (Å²) in [5.74, 6) is 1.35. The van der Waals surface area contributed by atoms with Crippen LogP contribution in [0.4, 0.5) is 0 Å². The molecule has 1 aromatic rings. The van der Waals surface area contributed by atoms with Gasteiger partial charge in [-0.05, 0) is 19.8 Å². The summed E-state index contributed by atoms with van der Waals surface area (Å²) in [6, 6.07) is 0. The Morgan fingerprint density at radius 2 is 2.12 bits per heavy atom. The number of aliphatic hydroxyl groups excluding tert-OH is 1. The van der Waals surface area contributed by atoms with E-state index in [1.165, 1.54) is 6.33 Å². The molecule has 1 aliphatic rings. The minimum absolute atomic E-state index is 0.100. The van der Waals surface area contributed by atoms with Crippen LogP contribution in [-0.4, -0.2) is 38.2 Å².